The number of rotatable bonds is 5. The molecule has 1 aromatic carbocycles. The quantitative estimate of drug-likeness (QED) is 0.428. The molecule has 8 nitrogen and oxygen atoms in total. The lowest BCUT2D eigenvalue weighted by atomic mass is 10.1. The van der Waals surface area contributed by atoms with E-state index >= 15 is 0 Å². The monoisotopic (exact) mass is 418 g/mol. The molecular formula is C19H20ClFN6O2. The molecule has 1 amide bonds. The predicted molar refractivity (Wildman–Crippen MR) is 108 cm³/mol. The number of amides is 1. The minimum atomic E-state index is -0.452. The molecule has 152 valence electrons. The van der Waals surface area contributed by atoms with Crippen LogP contribution in [0.4, 0.5) is 10.2 Å². The minimum Gasteiger partial charge on any atom is -0.361 e. The van der Waals surface area contributed by atoms with Gasteiger partial charge in [-0.1, -0.05) is 30.6 Å². The summed E-state index contributed by atoms with van der Waals surface area (Å²) >= 11 is 5.91. The van der Waals surface area contributed by atoms with Crippen molar-refractivity contribution in [1.29, 1.82) is 0 Å². The SMILES string of the molecule is Cc1oncc1C(=O)NC(=NCC(C)C)Nc1cc(-c2cc(F)cc(Cl)c2)[nH]n1. The molecule has 3 N–H and O–H groups in total. The molecule has 0 saturated carbocycles. The molecule has 0 aliphatic rings. The fourth-order valence-electron chi connectivity index (χ4n) is 2.44. The Hall–Kier alpha value is -3.20. The highest BCUT2D eigenvalue weighted by atomic mass is 35.5. The molecule has 2 heterocycles. The molecule has 0 spiro atoms. The largest absolute Gasteiger partial charge is 0.361 e. The number of aryl methyl sites for hydroxylation is 1. The van der Waals surface area contributed by atoms with Crippen LogP contribution in [0.25, 0.3) is 11.3 Å². The summed E-state index contributed by atoms with van der Waals surface area (Å²) in [5.41, 5.74) is 1.40. The Labute approximate surface area is 171 Å². The van der Waals surface area contributed by atoms with Crippen LogP contribution in [0.5, 0.6) is 0 Å². The number of hydrogen-bond donors (Lipinski definition) is 3. The summed E-state index contributed by atoms with van der Waals surface area (Å²) in [6.07, 6.45) is 1.34. The van der Waals surface area contributed by atoms with Crippen molar-refractivity contribution in [2.45, 2.75) is 20.8 Å². The van der Waals surface area contributed by atoms with Crippen molar-refractivity contribution < 1.29 is 13.7 Å². The van der Waals surface area contributed by atoms with Crippen LogP contribution in [0.3, 0.4) is 0 Å². The van der Waals surface area contributed by atoms with Crippen LogP contribution in [-0.2, 0) is 0 Å². The summed E-state index contributed by atoms with van der Waals surface area (Å²) in [5, 5.41) is 16.5. The highest BCUT2D eigenvalue weighted by molar-refractivity contribution is 6.30. The van der Waals surface area contributed by atoms with Crippen molar-refractivity contribution in [3.8, 4) is 11.3 Å². The number of hydrogen-bond acceptors (Lipinski definition) is 5. The summed E-state index contributed by atoms with van der Waals surface area (Å²) in [4.78, 5) is 16.9. The van der Waals surface area contributed by atoms with Crippen LogP contribution < -0.4 is 10.6 Å². The number of aliphatic imine (C=N–C) groups is 1. The first-order valence-corrected chi connectivity index (χ1v) is 9.25. The zero-order chi connectivity index (χ0) is 21.0. The molecule has 0 aliphatic carbocycles. The smallest absolute Gasteiger partial charge is 0.263 e. The fourth-order valence-corrected chi connectivity index (χ4v) is 2.66. The number of H-pyrrole nitrogens is 1. The van der Waals surface area contributed by atoms with E-state index in [0.29, 0.717) is 34.9 Å². The first-order valence-electron chi connectivity index (χ1n) is 8.88. The number of nitrogens with one attached hydrogen (secondary N) is 3. The van der Waals surface area contributed by atoms with Gasteiger partial charge in [0.1, 0.15) is 17.1 Å². The Bertz CT molecular complexity index is 1020. The second kappa shape index (κ2) is 8.87. The lowest BCUT2D eigenvalue weighted by Crippen LogP contribution is -2.36. The molecular weight excluding hydrogens is 399 g/mol. The van der Waals surface area contributed by atoms with E-state index in [-0.39, 0.29) is 16.9 Å². The summed E-state index contributed by atoms with van der Waals surface area (Å²) in [5.74, 6) is 0.435. The average molecular weight is 419 g/mol. The van der Waals surface area contributed by atoms with Gasteiger partial charge >= 0.3 is 0 Å². The number of benzene rings is 1. The van der Waals surface area contributed by atoms with Crippen molar-refractivity contribution in [3.63, 3.8) is 0 Å². The normalized spacial score (nSPS) is 11.7. The Morgan fingerprint density at radius 1 is 1.34 bits per heavy atom. The third kappa shape index (κ3) is 5.41. The maximum atomic E-state index is 13.6. The molecule has 0 saturated heterocycles. The molecule has 2 aromatic heterocycles. The van der Waals surface area contributed by atoms with E-state index in [1.165, 1.54) is 18.3 Å². The zero-order valence-corrected chi connectivity index (χ0v) is 16.8. The lowest BCUT2D eigenvalue weighted by molar-refractivity contribution is 0.0975. The molecule has 29 heavy (non-hydrogen) atoms. The van der Waals surface area contributed by atoms with E-state index in [9.17, 15) is 9.18 Å². The Morgan fingerprint density at radius 3 is 2.79 bits per heavy atom. The Kier molecular flexibility index (Phi) is 6.28. The van der Waals surface area contributed by atoms with Gasteiger partial charge in [0.25, 0.3) is 5.91 Å². The number of guanidine groups is 1. The Morgan fingerprint density at radius 2 is 2.14 bits per heavy atom. The number of aromatic nitrogens is 3. The van der Waals surface area contributed by atoms with Crippen molar-refractivity contribution in [2.24, 2.45) is 10.9 Å². The molecule has 0 radical (unpaired) electrons. The van der Waals surface area contributed by atoms with Gasteiger partial charge in [0.15, 0.2) is 5.82 Å². The number of aromatic amines is 1. The number of halogens is 2. The van der Waals surface area contributed by atoms with Gasteiger partial charge < -0.3 is 9.84 Å². The summed E-state index contributed by atoms with van der Waals surface area (Å²) in [6, 6.07) is 5.84. The third-order valence-corrected chi connectivity index (χ3v) is 4.06. The van der Waals surface area contributed by atoms with E-state index in [4.69, 9.17) is 16.1 Å². The van der Waals surface area contributed by atoms with Crippen LogP contribution in [0.2, 0.25) is 5.02 Å². The molecule has 0 aliphatic heterocycles. The van der Waals surface area contributed by atoms with Crippen LogP contribution in [0, 0.1) is 18.7 Å². The average Bonchev–Trinajstić information content (AvgIpc) is 3.27. The van der Waals surface area contributed by atoms with Crippen LogP contribution in [-0.4, -0.2) is 33.8 Å². The topological polar surface area (TPSA) is 108 Å². The number of anilines is 1. The first kappa shape index (κ1) is 20.5. The van der Waals surface area contributed by atoms with Crippen molar-refractivity contribution in [1.82, 2.24) is 20.7 Å². The van der Waals surface area contributed by atoms with Crippen LogP contribution in [0.1, 0.15) is 30.0 Å². The third-order valence-electron chi connectivity index (χ3n) is 3.84. The van der Waals surface area contributed by atoms with Crippen molar-refractivity contribution >= 4 is 29.3 Å². The maximum Gasteiger partial charge on any atom is 0.263 e. The van der Waals surface area contributed by atoms with Crippen molar-refractivity contribution in [2.75, 3.05) is 11.9 Å². The lowest BCUT2D eigenvalue weighted by Gasteiger charge is -2.10. The molecule has 0 unspecified atom stereocenters. The minimum absolute atomic E-state index is 0.222. The number of nitrogens with zero attached hydrogens (tertiary/aromatic N) is 3. The van der Waals surface area contributed by atoms with Gasteiger partial charge in [0, 0.05) is 23.2 Å². The summed E-state index contributed by atoms with van der Waals surface area (Å²) < 4.78 is 18.5. The highest BCUT2D eigenvalue weighted by Crippen LogP contribution is 2.24. The summed E-state index contributed by atoms with van der Waals surface area (Å²) in [7, 11) is 0. The second-order valence-electron chi connectivity index (χ2n) is 6.78. The number of carbonyl (C=O) groups excluding carboxylic acids is 1. The molecule has 0 atom stereocenters. The van der Waals surface area contributed by atoms with E-state index < -0.39 is 11.7 Å². The van der Waals surface area contributed by atoms with Gasteiger partial charge in [0.2, 0.25) is 5.96 Å². The standard InChI is InChI=1S/C19H20ClFN6O2/c1-10(2)8-22-19(25-18(28)15-9-23-29-11(15)3)24-17-7-16(26-27-17)12-4-13(20)6-14(21)5-12/h4-7,9-10H,8H2,1-3H3,(H3,22,24,25,26,27,28). The van der Waals surface area contributed by atoms with Gasteiger partial charge in [-0.3, -0.25) is 20.2 Å². The van der Waals surface area contributed by atoms with Gasteiger partial charge in [-0.05, 0) is 31.0 Å². The summed E-state index contributed by atoms with van der Waals surface area (Å²) in [6.45, 7) is 6.15. The highest BCUT2D eigenvalue weighted by Gasteiger charge is 2.16. The van der Waals surface area contributed by atoms with Crippen LogP contribution >= 0.6 is 11.6 Å². The van der Waals surface area contributed by atoms with E-state index in [1.54, 1.807) is 19.1 Å². The van der Waals surface area contributed by atoms with Crippen molar-refractivity contribution in [3.05, 3.63) is 52.6 Å². The first-order chi connectivity index (χ1) is 13.8. The van der Waals surface area contributed by atoms with Gasteiger partial charge in [0.05, 0.1) is 11.9 Å². The number of carbonyl (C=O) groups is 1. The van der Waals surface area contributed by atoms with E-state index in [2.05, 4.69) is 31.0 Å². The van der Waals surface area contributed by atoms with Crippen LogP contribution in [0.15, 0.2) is 40.0 Å². The molecule has 3 rings (SSSR count). The van der Waals surface area contributed by atoms with Gasteiger partial charge in [-0.2, -0.15) is 5.10 Å². The fraction of sp³-hybridized carbons (Fsp3) is 0.263. The molecule has 10 heteroatoms. The van der Waals surface area contributed by atoms with E-state index in [1.807, 2.05) is 13.8 Å². The molecule has 3 aromatic rings. The molecule has 0 bridgehead atoms. The Balaban J connectivity index is 1.79. The van der Waals surface area contributed by atoms with Gasteiger partial charge in [-0.25, -0.2) is 4.39 Å². The van der Waals surface area contributed by atoms with E-state index in [0.717, 1.165) is 0 Å². The zero-order valence-electron chi connectivity index (χ0n) is 16.1. The predicted octanol–water partition coefficient (Wildman–Crippen LogP) is 4.02. The maximum absolute atomic E-state index is 13.6. The molecule has 0 fully saturated rings. The van der Waals surface area contributed by atoms with Gasteiger partial charge in [-0.15, -0.1) is 0 Å². The second-order valence-corrected chi connectivity index (χ2v) is 7.22.